The fraction of sp³-hybridized carbons (Fsp3) is 0.357. The van der Waals surface area contributed by atoms with E-state index in [4.69, 9.17) is 0 Å². The van der Waals surface area contributed by atoms with Gasteiger partial charge >= 0.3 is 0 Å². The molecule has 0 bridgehead atoms. The van der Waals surface area contributed by atoms with Crippen molar-refractivity contribution in [1.29, 1.82) is 5.26 Å². The van der Waals surface area contributed by atoms with Crippen LogP contribution in [0.4, 0.5) is 0 Å². The number of likely N-dealkylation sites (tertiary alicyclic amines) is 1. The van der Waals surface area contributed by atoms with E-state index in [0.717, 1.165) is 13.1 Å². The molecule has 3 rings (SSSR count). The van der Waals surface area contributed by atoms with Crippen LogP contribution in [-0.2, 0) is 0 Å². The second kappa shape index (κ2) is 4.48. The summed E-state index contributed by atoms with van der Waals surface area (Å²) in [5.41, 5.74) is 1.19. The zero-order valence-electron chi connectivity index (χ0n) is 9.60. The minimum atomic E-state index is -0.0614. The van der Waals surface area contributed by atoms with Crippen molar-refractivity contribution in [1.82, 2.24) is 4.90 Å². The molecule has 1 aliphatic rings. The minimum Gasteiger partial charge on any atom is -0.284 e. The third-order valence-corrected chi connectivity index (χ3v) is 4.42. The van der Waals surface area contributed by atoms with E-state index in [2.05, 4.69) is 40.6 Å². The maximum absolute atomic E-state index is 9.43. The van der Waals surface area contributed by atoms with Gasteiger partial charge in [-0.1, -0.05) is 18.2 Å². The highest BCUT2D eigenvalue weighted by molar-refractivity contribution is 7.17. The molecule has 1 aromatic carbocycles. The lowest BCUT2D eigenvalue weighted by Gasteiger charge is -2.20. The first-order valence-corrected chi connectivity index (χ1v) is 6.88. The molecule has 0 N–H and O–H groups in total. The van der Waals surface area contributed by atoms with Gasteiger partial charge in [-0.15, -0.1) is 11.3 Å². The van der Waals surface area contributed by atoms with Gasteiger partial charge in [0.25, 0.3) is 0 Å². The molecule has 0 amide bonds. The Morgan fingerprint density at radius 2 is 2.00 bits per heavy atom. The molecule has 17 heavy (non-hydrogen) atoms. The highest BCUT2D eigenvalue weighted by Gasteiger charge is 2.25. The van der Waals surface area contributed by atoms with Crippen LogP contribution >= 0.6 is 11.3 Å². The maximum Gasteiger partial charge on any atom is 0.125 e. The van der Waals surface area contributed by atoms with Gasteiger partial charge < -0.3 is 0 Å². The normalized spacial score (nSPS) is 18.3. The van der Waals surface area contributed by atoms with Gasteiger partial charge in [0.1, 0.15) is 6.04 Å². The van der Waals surface area contributed by atoms with E-state index in [9.17, 15) is 5.26 Å². The van der Waals surface area contributed by atoms with Gasteiger partial charge in [0.15, 0.2) is 0 Å². The first-order valence-electron chi connectivity index (χ1n) is 6.00. The molecule has 0 saturated carbocycles. The lowest BCUT2D eigenvalue weighted by atomic mass is 10.1. The summed E-state index contributed by atoms with van der Waals surface area (Å²) in [6.07, 6.45) is 2.44. The van der Waals surface area contributed by atoms with Crippen LogP contribution in [0.15, 0.2) is 29.6 Å². The number of rotatable bonds is 2. The molecular formula is C14H14N2S. The summed E-state index contributed by atoms with van der Waals surface area (Å²) in [6, 6.07) is 10.8. The summed E-state index contributed by atoms with van der Waals surface area (Å²) in [4.78, 5) is 2.30. The Kier molecular flexibility index (Phi) is 2.84. The lowest BCUT2D eigenvalue weighted by Crippen LogP contribution is -2.24. The Balaban J connectivity index is 2.04. The standard InChI is InChI=1S/C14H14N2S/c15-9-13(16-7-3-4-8-16)12-10-17-14-6-2-1-5-11(12)14/h1-2,5-6,10,13H,3-4,7-8H2. The zero-order chi connectivity index (χ0) is 11.7. The molecule has 0 radical (unpaired) electrons. The van der Waals surface area contributed by atoms with Crippen molar-refractivity contribution in [2.24, 2.45) is 0 Å². The minimum absolute atomic E-state index is 0.0614. The van der Waals surface area contributed by atoms with Crippen molar-refractivity contribution in [2.45, 2.75) is 18.9 Å². The number of thiophene rings is 1. The van der Waals surface area contributed by atoms with E-state index in [1.807, 2.05) is 0 Å². The van der Waals surface area contributed by atoms with Crippen LogP contribution in [-0.4, -0.2) is 18.0 Å². The molecule has 2 nitrogen and oxygen atoms in total. The first-order chi connectivity index (χ1) is 8.40. The average Bonchev–Trinajstić information content (AvgIpc) is 3.01. The quantitative estimate of drug-likeness (QED) is 0.805. The van der Waals surface area contributed by atoms with Crippen LogP contribution in [0, 0.1) is 11.3 Å². The Hall–Kier alpha value is -1.37. The van der Waals surface area contributed by atoms with Crippen molar-refractivity contribution in [3.05, 3.63) is 35.2 Å². The number of nitrogens with zero attached hydrogens (tertiary/aromatic N) is 2. The fourth-order valence-electron chi connectivity index (χ4n) is 2.56. The lowest BCUT2D eigenvalue weighted by molar-refractivity contribution is 0.296. The molecule has 86 valence electrons. The number of benzene rings is 1. The molecule has 2 heterocycles. The van der Waals surface area contributed by atoms with Gasteiger partial charge in [-0.25, -0.2) is 0 Å². The summed E-state index contributed by atoms with van der Waals surface area (Å²) >= 11 is 1.74. The third-order valence-electron chi connectivity index (χ3n) is 3.43. The largest absolute Gasteiger partial charge is 0.284 e. The van der Waals surface area contributed by atoms with Gasteiger partial charge in [0.2, 0.25) is 0 Å². The Bertz CT molecular complexity index is 561. The van der Waals surface area contributed by atoms with Gasteiger partial charge in [-0.2, -0.15) is 5.26 Å². The molecule has 1 aromatic heterocycles. The van der Waals surface area contributed by atoms with Crippen molar-refractivity contribution in [3.63, 3.8) is 0 Å². The molecule has 2 aromatic rings. The van der Waals surface area contributed by atoms with E-state index in [0.29, 0.717) is 0 Å². The van der Waals surface area contributed by atoms with Crippen LogP contribution in [0.25, 0.3) is 10.1 Å². The highest BCUT2D eigenvalue weighted by Crippen LogP contribution is 2.34. The Morgan fingerprint density at radius 3 is 2.76 bits per heavy atom. The van der Waals surface area contributed by atoms with E-state index in [-0.39, 0.29) is 6.04 Å². The number of fused-ring (bicyclic) bond motifs is 1. The van der Waals surface area contributed by atoms with Gasteiger partial charge in [-0.3, -0.25) is 4.90 Å². The van der Waals surface area contributed by atoms with Crippen molar-refractivity contribution < 1.29 is 0 Å². The van der Waals surface area contributed by atoms with Crippen molar-refractivity contribution >= 4 is 21.4 Å². The van der Waals surface area contributed by atoms with Crippen LogP contribution in [0.1, 0.15) is 24.4 Å². The molecule has 1 saturated heterocycles. The van der Waals surface area contributed by atoms with Crippen LogP contribution in [0.2, 0.25) is 0 Å². The third kappa shape index (κ3) is 1.84. The maximum atomic E-state index is 9.43. The smallest absolute Gasteiger partial charge is 0.125 e. The second-order valence-electron chi connectivity index (χ2n) is 4.46. The predicted octanol–water partition coefficient (Wildman–Crippen LogP) is 3.56. The Labute approximate surface area is 105 Å². The van der Waals surface area contributed by atoms with E-state index in [1.54, 1.807) is 11.3 Å². The SMILES string of the molecule is N#CC(c1csc2ccccc12)N1CCCC1. The van der Waals surface area contributed by atoms with Crippen LogP contribution < -0.4 is 0 Å². The molecule has 1 aliphatic heterocycles. The summed E-state index contributed by atoms with van der Waals surface area (Å²) in [7, 11) is 0. The van der Waals surface area contributed by atoms with Crippen LogP contribution in [0.3, 0.4) is 0 Å². The summed E-state index contributed by atoms with van der Waals surface area (Å²) < 4.78 is 1.28. The summed E-state index contributed by atoms with van der Waals surface area (Å²) in [6.45, 7) is 2.12. The molecule has 3 heteroatoms. The topological polar surface area (TPSA) is 27.0 Å². The monoisotopic (exact) mass is 242 g/mol. The highest BCUT2D eigenvalue weighted by atomic mass is 32.1. The predicted molar refractivity (Wildman–Crippen MR) is 71.0 cm³/mol. The van der Waals surface area contributed by atoms with Gasteiger partial charge in [-0.05, 0) is 42.8 Å². The molecule has 1 atom stereocenters. The van der Waals surface area contributed by atoms with Gasteiger partial charge in [0.05, 0.1) is 6.07 Å². The fourth-order valence-corrected chi connectivity index (χ4v) is 3.54. The first kappa shape index (κ1) is 10.8. The van der Waals surface area contributed by atoms with Crippen molar-refractivity contribution in [2.75, 3.05) is 13.1 Å². The number of hydrogen-bond acceptors (Lipinski definition) is 3. The molecule has 1 fully saturated rings. The Morgan fingerprint density at radius 1 is 1.24 bits per heavy atom. The zero-order valence-corrected chi connectivity index (χ0v) is 10.4. The molecule has 1 unspecified atom stereocenters. The molecule has 0 aliphatic carbocycles. The van der Waals surface area contributed by atoms with Crippen LogP contribution in [0.5, 0.6) is 0 Å². The summed E-state index contributed by atoms with van der Waals surface area (Å²) in [5, 5.41) is 12.8. The van der Waals surface area contributed by atoms with Crippen molar-refractivity contribution in [3.8, 4) is 6.07 Å². The molecular weight excluding hydrogens is 228 g/mol. The summed E-state index contributed by atoms with van der Waals surface area (Å²) in [5.74, 6) is 0. The number of nitriles is 1. The van der Waals surface area contributed by atoms with E-state index < -0.39 is 0 Å². The van der Waals surface area contributed by atoms with Gasteiger partial charge in [0, 0.05) is 10.3 Å². The van der Waals surface area contributed by atoms with E-state index >= 15 is 0 Å². The molecule has 0 spiro atoms. The number of hydrogen-bond donors (Lipinski definition) is 0. The average molecular weight is 242 g/mol. The van der Waals surface area contributed by atoms with E-state index in [1.165, 1.54) is 28.5 Å². The second-order valence-corrected chi connectivity index (χ2v) is 5.37.